The molecule has 0 atom stereocenters. The van der Waals surface area contributed by atoms with Gasteiger partial charge in [0.2, 0.25) is 0 Å². The molecule has 19 heavy (non-hydrogen) atoms. The second-order valence-corrected chi connectivity index (χ2v) is 7.32. The molecule has 1 aliphatic rings. The van der Waals surface area contributed by atoms with Gasteiger partial charge in [-0.1, -0.05) is 58.2 Å². The normalized spacial score (nSPS) is 19.4. The maximum Gasteiger partial charge on any atom is 0.00782 e. The van der Waals surface area contributed by atoms with Gasteiger partial charge in [0.25, 0.3) is 0 Å². The van der Waals surface area contributed by atoms with E-state index in [-0.39, 0.29) is 10.8 Å². The molecule has 0 saturated heterocycles. The van der Waals surface area contributed by atoms with Gasteiger partial charge >= 0.3 is 0 Å². The zero-order valence-corrected chi connectivity index (χ0v) is 13.1. The van der Waals surface area contributed by atoms with Crippen molar-refractivity contribution in [2.75, 3.05) is 6.54 Å². The van der Waals surface area contributed by atoms with Crippen LogP contribution in [0.3, 0.4) is 0 Å². The van der Waals surface area contributed by atoms with E-state index in [1.54, 1.807) is 0 Å². The molecule has 2 rings (SSSR count). The van der Waals surface area contributed by atoms with E-state index >= 15 is 0 Å². The first-order valence-electron chi connectivity index (χ1n) is 7.71. The minimum absolute atomic E-state index is 0.215. The van der Waals surface area contributed by atoms with Crippen molar-refractivity contribution in [1.29, 1.82) is 0 Å². The molecule has 1 aromatic carbocycles. The summed E-state index contributed by atoms with van der Waals surface area (Å²) >= 11 is 0. The topological polar surface area (TPSA) is 26.0 Å². The van der Waals surface area contributed by atoms with Gasteiger partial charge in [-0.25, -0.2) is 0 Å². The summed E-state index contributed by atoms with van der Waals surface area (Å²) in [5.74, 6) is 0. The van der Waals surface area contributed by atoms with E-state index < -0.39 is 0 Å². The van der Waals surface area contributed by atoms with Crippen LogP contribution in [0.2, 0.25) is 0 Å². The first-order valence-corrected chi connectivity index (χ1v) is 7.71. The van der Waals surface area contributed by atoms with Gasteiger partial charge in [-0.2, -0.15) is 0 Å². The van der Waals surface area contributed by atoms with Crippen molar-refractivity contribution in [3.63, 3.8) is 0 Å². The van der Waals surface area contributed by atoms with Crippen molar-refractivity contribution in [2.45, 2.75) is 70.6 Å². The monoisotopic (exact) mass is 259 g/mol. The van der Waals surface area contributed by atoms with Crippen LogP contribution in [0, 0.1) is 6.92 Å². The third kappa shape index (κ3) is 2.86. The largest absolute Gasteiger partial charge is 0.330 e. The Kier molecular flexibility index (Phi) is 4.06. The molecule has 1 aliphatic carbocycles. The fourth-order valence-electron chi connectivity index (χ4n) is 3.47. The van der Waals surface area contributed by atoms with Crippen LogP contribution in [0.25, 0.3) is 0 Å². The molecule has 1 heteroatoms. The zero-order chi connectivity index (χ0) is 14.1. The summed E-state index contributed by atoms with van der Waals surface area (Å²) in [6.45, 7) is 9.90. The van der Waals surface area contributed by atoms with Crippen LogP contribution in [0.5, 0.6) is 0 Å². The van der Waals surface area contributed by atoms with Gasteiger partial charge in [-0.15, -0.1) is 0 Å². The summed E-state index contributed by atoms with van der Waals surface area (Å²) in [6, 6.07) is 7.02. The Bertz CT molecular complexity index is 433. The highest BCUT2D eigenvalue weighted by Gasteiger charge is 2.34. The smallest absolute Gasteiger partial charge is 0.00782 e. The van der Waals surface area contributed by atoms with E-state index in [1.807, 2.05) is 0 Å². The van der Waals surface area contributed by atoms with Gasteiger partial charge in [-0.05, 0) is 41.9 Å². The number of hydrogen-bond acceptors (Lipinski definition) is 1. The van der Waals surface area contributed by atoms with E-state index in [2.05, 4.69) is 45.9 Å². The van der Waals surface area contributed by atoms with Gasteiger partial charge in [0.05, 0.1) is 0 Å². The third-order valence-electron chi connectivity index (χ3n) is 4.88. The lowest BCUT2D eigenvalue weighted by atomic mass is 9.67. The molecule has 0 radical (unpaired) electrons. The highest BCUT2D eigenvalue weighted by Crippen LogP contribution is 2.41. The van der Waals surface area contributed by atoms with E-state index in [0.717, 1.165) is 6.54 Å². The summed E-state index contributed by atoms with van der Waals surface area (Å²) in [7, 11) is 0. The maximum absolute atomic E-state index is 6.20. The zero-order valence-electron chi connectivity index (χ0n) is 13.1. The predicted molar refractivity (Wildman–Crippen MR) is 83.7 cm³/mol. The van der Waals surface area contributed by atoms with Gasteiger partial charge < -0.3 is 5.73 Å². The average Bonchev–Trinajstić information content (AvgIpc) is 2.38. The Morgan fingerprint density at radius 1 is 1.11 bits per heavy atom. The molecule has 1 fully saturated rings. The fraction of sp³-hybridized carbons (Fsp3) is 0.667. The van der Waals surface area contributed by atoms with Crippen molar-refractivity contribution < 1.29 is 0 Å². The SMILES string of the molecule is Cc1ccc(C(C)(C)C)cc1C1(CN)CCCCC1. The molecule has 0 unspecified atom stereocenters. The molecule has 1 saturated carbocycles. The number of rotatable bonds is 2. The Balaban J connectivity index is 2.47. The second kappa shape index (κ2) is 5.28. The molecule has 0 spiro atoms. The molecule has 0 bridgehead atoms. The lowest BCUT2D eigenvalue weighted by Gasteiger charge is -2.38. The van der Waals surface area contributed by atoms with E-state index in [1.165, 1.54) is 48.8 Å². The van der Waals surface area contributed by atoms with Crippen LogP contribution < -0.4 is 5.73 Å². The summed E-state index contributed by atoms with van der Waals surface area (Å²) in [5.41, 5.74) is 11.0. The summed E-state index contributed by atoms with van der Waals surface area (Å²) in [5, 5.41) is 0. The van der Waals surface area contributed by atoms with E-state index in [9.17, 15) is 0 Å². The van der Waals surface area contributed by atoms with Crippen molar-refractivity contribution in [2.24, 2.45) is 5.73 Å². The molecule has 2 N–H and O–H groups in total. The Labute approximate surface area is 118 Å². The number of nitrogens with two attached hydrogens (primary N) is 1. The molecule has 0 heterocycles. The van der Waals surface area contributed by atoms with Crippen molar-refractivity contribution in [1.82, 2.24) is 0 Å². The Hall–Kier alpha value is -0.820. The molecule has 1 aromatic rings. The van der Waals surface area contributed by atoms with Gasteiger partial charge in [-0.3, -0.25) is 0 Å². The minimum Gasteiger partial charge on any atom is -0.330 e. The molecule has 0 aliphatic heterocycles. The van der Waals surface area contributed by atoms with Gasteiger partial charge in [0.15, 0.2) is 0 Å². The first kappa shape index (κ1) is 14.6. The van der Waals surface area contributed by atoms with E-state index in [0.29, 0.717) is 0 Å². The Morgan fingerprint density at radius 3 is 2.26 bits per heavy atom. The molecular weight excluding hydrogens is 230 g/mol. The van der Waals surface area contributed by atoms with Crippen LogP contribution in [0.4, 0.5) is 0 Å². The first-order chi connectivity index (χ1) is 8.89. The standard InChI is InChI=1S/C18H29N/c1-14-8-9-15(17(2,3)4)12-16(14)18(13-19)10-6-5-7-11-18/h8-9,12H,5-7,10-11,13,19H2,1-4H3. The van der Waals surface area contributed by atoms with Crippen LogP contribution in [-0.2, 0) is 10.8 Å². The van der Waals surface area contributed by atoms with Gasteiger partial charge in [0, 0.05) is 12.0 Å². The lowest BCUT2D eigenvalue weighted by molar-refractivity contribution is 0.299. The number of hydrogen-bond donors (Lipinski definition) is 1. The summed E-state index contributed by atoms with van der Waals surface area (Å²) < 4.78 is 0. The summed E-state index contributed by atoms with van der Waals surface area (Å²) in [4.78, 5) is 0. The number of benzene rings is 1. The van der Waals surface area contributed by atoms with Crippen molar-refractivity contribution >= 4 is 0 Å². The summed E-state index contributed by atoms with van der Waals surface area (Å²) in [6.07, 6.45) is 6.56. The molecular formula is C18H29N. The molecule has 1 nitrogen and oxygen atoms in total. The lowest BCUT2D eigenvalue weighted by Crippen LogP contribution is -2.38. The van der Waals surface area contributed by atoms with Gasteiger partial charge in [0.1, 0.15) is 0 Å². The van der Waals surface area contributed by atoms with Crippen molar-refractivity contribution in [3.05, 3.63) is 34.9 Å². The maximum atomic E-state index is 6.20. The van der Waals surface area contributed by atoms with Crippen molar-refractivity contribution in [3.8, 4) is 0 Å². The molecule has 0 amide bonds. The number of aryl methyl sites for hydroxylation is 1. The second-order valence-electron chi connectivity index (χ2n) is 7.32. The predicted octanol–water partition coefficient (Wildman–Crippen LogP) is 4.45. The van der Waals surface area contributed by atoms with Crippen LogP contribution in [0.15, 0.2) is 18.2 Å². The quantitative estimate of drug-likeness (QED) is 0.834. The van der Waals surface area contributed by atoms with E-state index in [4.69, 9.17) is 5.73 Å². The molecule has 0 aromatic heterocycles. The molecule has 106 valence electrons. The van der Waals surface area contributed by atoms with Crippen LogP contribution in [-0.4, -0.2) is 6.54 Å². The fourth-order valence-corrected chi connectivity index (χ4v) is 3.47. The average molecular weight is 259 g/mol. The van der Waals surface area contributed by atoms with Crippen LogP contribution >= 0.6 is 0 Å². The highest BCUT2D eigenvalue weighted by molar-refractivity contribution is 5.40. The third-order valence-corrected chi connectivity index (χ3v) is 4.88. The van der Waals surface area contributed by atoms with Crippen LogP contribution in [0.1, 0.15) is 69.6 Å². The highest BCUT2D eigenvalue weighted by atomic mass is 14.6. The minimum atomic E-state index is 0.215. The Morgan fingerprint density at radius 2 is 1.74 bits per heavy atom.